The minimum Gasteiger partial charge on any atom is -0.508 e. The Hall–Kier alpha value is -2.50. The van der Waals surface area contributed by atoms with Gasteiger partial charge in [-0.25, -0.2) is 0 Å². The van der Waals surface area contributed by atoms with Gasteiger partial charge in [-0.3, -0.25) is 0 Å². The molecule has 0 fully saturated rings. The minimum atomic E-state index is 0.280. The number of hydrogen-bond acceptors (Lipinski definition) is 5. The van der Waals surface area contributed by atoms with E-state index in [1.807, 2.05) is 25.1 Å². The molecule has 0 aromatic heterocycles. The van der Waals surface area contributed by atoms with Crippen molar-refractivity contribution in [3.63, 3.8) is 0 Å². The number of phenols is 2. The van der Waals surface area contributed by atoms with Crippen LogP contribution in [0.5, 0.6) is 11.5 Å². The molecule has 2 N–H and O–H groups in total. The van der Waals surface area contributed by atoms with E-state index < -0.39 is 0 Å². The predicted molar refractivity (Wildman–Crippen MR) is 128 cm³/mol. The highest BCUT2D eigenvalue weighted by molar-refractivity contribution is 8.03. The average molecular weight is 436 g/mol. The second kappa shape index (κ2) is 8.70. The van der Waals surface area contributed by atoms with Crippen molar-refractivity contribution in [2.75, 3.05) is 11.9 Å². The molecule has 1 aliphatic carbocycles. The van der Waals surface area contributed by atoms with Gasteiger partial charge in [0.05, 0.1) is 10.7 Å². The number of rotatable bonds is 4. The van der Waals surface area contributed by atoms with Crippen molar-refractivity contribution < 1.29 is 10.2 Å². The first-order valence-electron chi connectivity index (χ1n) is 9.93. The van der Waals surface area contributed by atoms with Crippen molar-refractivity contribution in [3.05, 3.63) is 87.8 Å². The van der Waals surface area contributed by atoms with Crippen LogP contribution in [0.15, 0.2) is 92.1 Å². The summed E-state index contributed by atoms with van der Waals surface area (Å²) in [6.45, 7) is 6.26. The second-order valence-electron chi connectivity index (χ2n) is 7.61. The Bertz CT molecular complexity index is 1100. The van der Waals surface area contributed by atoms with Crippen LogP contribution >= 0.6 is 23.5 Å². The molecule has 0 radical (unpaired) electrons. The number of hydrogen-bond donors (Lipinski definition) is 2. The maximum absolute atomic E-state index is 9.75. The molecule has 30 heavy (non-hydrogen) atoms. The maximum atomic E-state index is 9.75. The van der Waals surface area contributed by atoms with E-state index in [1.54, 1.807) is 41.7 Å². The zero-order chi connectivity index (χ0) is 21.3. The highest BCUT2D eigenvalue weighted by atomic mass is 32.2. The van der Waals surface area contributed by atoms with Crippen molar-refractivity contribution in [2.45, 2.75) is 36.0 Å². The molecule has 5 heteroatoms. The van der Waals surface area contributed by atoms with Gasteiger partial charge in [0, 0.05) is 21.7 Å². The molecule has 2 aromatic rings. The molecule has 3 nitrogen and oxygen atoms in total. The number of benzene rings is 2. The molecule has 2 aliphatic rings. The lowest BCUT2D eigenvalue weighted by atomic mass is 9.95. The van der Waals surface area contributed by atoms with Gasteiger partial charge in [0.15, 0.2) is 0 Å². The summed E-state index contributed by atoms with van der Waals surface area (Å²) in [7, 11) is 2.07. The molecular weight excluding hydrogens is 410 g/mol. The molecule has 0 spiro atoms. The van der Waals surface area contributed by atoms with Crippen molar-refractivity contribution in [3.8, 4) is 11.5 Å². The van der Waals surface area contributed by atoms with Crippen LogP contribution in [0.25, 0.3) is 0 Å². The number of fused-ring (bicyclic) bond motifs is 1. The summed E-state index contributed by atoms with van der Waals surface area (Å²) < 4.78 is 0. The Morgan fingerprint density at radius 2 is 1.90 bits per heavy atom. The number of thioether (sulfide) groups is 2. The Morgan fingerprint density at radius 3 is 2.73 bits per heavy atom. The molecule has 1 heterocycles. The standard InChI is InChI=1S/C25H25NO2S2/c1-16-7-8-20(27)14-23(16)29-17(2)11-18-5-4-6-19(12-18)13-25-26(3)22-10-9-21(28)15-24(22)30-25/h7-15,27-28H,2,4-6H2,1,3H3/b18-11+,25-13-. The highest BCUT2D eigenvalue weighted by Gasteiger charge is 2.22. The van der Waals surface area contributed by atoms with Gasteiger partial charge in [-0.15, -0.1) is 0 Å². The largest absolute Gasteiger partial charge is 0.508 e. The minimum absolute atomic E-state index is 0.280. The van der Waals surface area contributed by atoms with Crippen LogP contribution in [0, 0.1) is 6.92 Å². The van der Waals surface area contributed by atoms with E-state index in [-0.39, 0.29) is 5.75 Å². The van der Waals surface area contributed by atoms with E-state index in [2.05, 4.69) is 36.8 Å². The fraction of sp³-hybridized carbons (Fsp3) is 0.200. The lowest BCUT2D eigenvalue weighted by Gasteiger charge is -2.17. The summed E-state index contributed by atoms with van der Waals surface area (Å²) in [5, 5.41) is 20.7. The molecule has 154 valence electrons. The Labute approximate surface area is 186 Å². The molecule has 0 unspecified atom stereocenters. The Kier molecular flexibility index (Phi) is 6.02. The Balaban J connectivity index is 1.51. The predicted octanol–water partition coefficient (Wildman–Crippen LogP) is 7.13. The van der Waals surface area contributed by atoms with E-state index in [0.29, 0.717) is 5.75 Å². The number of aryl methyl sites for hydroxylation is 1. The normalized spacial score (nSPS) is 18.6. The lowest BCUT2D eigenvalue weighted by molar-refractivity contribution is 0.473. The topological polar surface area (TPSA) is 43.7 Å². The van der Waals surface area contributed by atoms with Crippen LogP contribution in [0.3, 0.4) is 0 Å². The maximum Gasteiger partial charge on any atom is 0.116 e. The van der Waals surface area contributed by atoms with E-state index >= 15 is 0 Å². The third kappa shape index (κ3) is 4.63. The zero-order valence-corrected chi connectivity index (χ0v) is 18.8. The van der Waals surface area contributed by atoms with Gasteiger partial charge >= 0.3 is 0 Å². The van der Waals surface area contributed by atoms with Crippen molar-refractivity contribution in [2.24, 2.45) is 0 Å². The summed E-state index contributed by atoms with van der Waals surface area (Å²) in [5.41, 5.74) is 4.85. The first-order chi connectivity index (χ1) is 14.4. The van der Waals surface area contributed by atoms with Crippen LogP contribution in [-0.4, -0.2) is 17.3 Å². The average Bonchev–Trinajstić information content (AvgIpc) is 2.99. The van der Waals surface area contributed by atoms with Gasteiger partial charge < -0.3 is 15.1 Å². The summed E-state index contributed by atoms with van der Waals surface area (Å²) in [6.07, 6.45) is 9.90. The number of allylic oxidation sites excluding steroid dienone is 5. The lowest BCUT2D eigenvalue weighted by Crippen LogP contribution is -2.10. The smallest absolute Gasteiger partial charge is 0.116 e. The van der Waals surface area contributed by atoms with Crippen molar-refractivity contribution in [1.29, 1.82) is 0 Å². The van der Waals surface area contributed by atoms with Gasteiger partial charge in [0.2, 0.25) is 0 Å². The second-order valence-corrected chi connectivity index (χ2v) is 9.84. The molecule has 0 saturated carbocycles. The molecule has 0 amide bonds. The van der Waals surface area contributed by atoms with E-state index in [1.165, 1.54) is 16.2 Å². The van der Waals surface area contributed by atoms with E-state index in [9.17, 15) is 10.2 Å². The Morgan fingerprint density at radius 1 is 1.13 bits per heavy atom. The number of nitrogens with zero attached hydrogens (tertiary/aromatic N) is 1. The summed E-state index contributed by atoms with van der Waals surface area (Å²) in [5.74, 6) is 0.582. The zero-order valence-electron chi connectivity index (χ0n) is 17.2. The molecule has 0 bridgehead atoms. The van der Waals surface area contributed by atoms with Crippen LogP contribution in [0.4, 0.5) is 5.69 Å². The van der Waals surface area contributed by atoms with Crippen molar-refractivity contribution >= 4 is 29.2 Å². The van der Waals surface area contributed by atoms with Crippen molar-refractivity contribution in [1.82, 2.24) is 0 Å². The molecule has 2 aromatic carbocycles. The van der Waals surface area contributed by atoms with Crippen LogP contribution in [-0.2, 0) is 0 Å². The number of phenolic OH excluding ortho intramolecular Hbond substituents is 2. The van der Waals surface area contributed by atoms with Crippen LogP contribution in [0.2, 0.25) is 0 Å². The van der Waals surface area contributed by atoms with E-state index in [4.69, 9.17) is 0 Å². The summed E-state index contributed by atoms with van der Waals surface area (Å²) in [4.78, 5) is 5.27. The highest BCUT2D eigenvalue weighted by Crippen LogP contribution is 2.47. The van der Waals surface area contributed by atoms with Gasteiger partial charge in [-0.05, 0) is 85.4 Å². The molecule has 1 aliphatic heterocycles. The first-order valence-corrected chi connectivity index (χ1v) is 11.6. The fourth-order valence-corrected chi connectivity index (χ4v) is 5.69. The van der Waals surface area contributed by atoms with Crippen LogP contribution in [0.1, 0.15) is 24.8 Å². The summed E-state index contributed by atoms with van der Waals surface area (Å²) >= 11 is 3.29. The number of aromatic hydroxyl groups is 2. The van der Waals surface area contributed by atoms with E-state index in [0.717, 1.165) is 45.2 Å². The molecular formula is C25H25NO2S2. The third-order valence-corrected chi connectivity index (χ3v) is 7.41. The van der Waals surface area contributed by atoms with Gasteiger partial charge in [0.1, 0.15) is 11.5 Å². The SMILES string of the molecule is C=C(/C=C1C=C(/C=C2\Sc3cc(O)ccc3N2C)CCC/1)Sc1cc(O)ccc1C. The summed E-state index contributed by atoms with van der Waals surface area (Å²) in [6, 6.07) is 10.9. The quantitative estimate of drug-likeness (QED) is 0.500. The van der Waals surface area contributed by atoms with Gasteiger partial charge in [0.25, 0.3) is 0 Å². The fourth-order valence-electron chi connectivity index (χ4n) is 3.63. The van der Waals surface area contributed by atoms with Gasteiger partial charge in [-0.2, -0.15) is 0 Å². The number of anilines is 1. The van der Waals surface area contributed by atoms with Gasteiger partial charge in [-0.1, -0.05) is 42.2 Å². The first kappa shape index (κ1) is 20.8. The van der Waals surface area contributed by atoms with Crippen LogP contribution < -0.4 is 4.90 Å². The monoisotopic (exact) mass is 435 g/mol. The third-order valence-electron chi connectivity index (χ3n) is 5.22. The molecule has 0 saturated heterocycles. The molecule has 4 rings (SSSR count). The molecule has 0 atom stereocenters.